The number of carbonyl (C=O) groups excluding carboxylic acids is 1. The predicted molar refractivity (Wildman–Crippen MR) is 66.2 cm³/mol. The van der Waals surface area contributed by atoms with Crippen molar-refractivity contribution in [3.05, 3.63) is 11.5 Å². The maximum Gasteiger partial charge on any atom is 0.314 e. The molecule has 4 rings (SSSR count). The first-order chi connectivity index (χ1) is 9.10. The number of nitrogen functional groups attached to an aromatic ring is 1. The van der Waals surface area contributed by atoms with Gasteiger partial charge in [-0.15, -0.1) is 0 Å². The number of esters is 1. The minimum atomic E-state index is -0.403. The zero-order chi connectivity index (χ0) is 13.2. The molecule has 0 unspecified atom stereocenters. The molecule has 2 N–H and O–H groups in total. The Morgan fingerprint density at radius 3 is 3.11 bits per heavy atom. The second kappa shape index (κ2) is 3.36. The third-order valence-electron chi connectivity index (χ3n) is 3.95. The lowest BCUT2D eigenvalue weighted by Gasteiger charge is -2.10. The Kier molecular flexibility index (Phi) is 1.94. The van der Waals surface area contributed by atoms with Crippen molar-refractivity contribution in [2.24, 2.45) is 11.3 Å². The van der Waals surface area contributed by atoms with E-state index < -0.39 is 5.41 Å². The van der Waals surface area contributed by atoms with E-state index in [1.807, 2.05) is 0 Å². The van der Waals surface area contributed by atoms with E-state index in [1.54, 1.807) is 10.9 Å². The Labute approximate surface area is 112 Å². The van der Waals surface area contributed by atoms with E-state index in [0.717, 1.165) is 6.42 Å². The zero-order valence-electron chi connectivity index (χ0n) is 9.84. The second-order valence-electron chi connectivity index (χ2n) is 5.07. The van der Waals surface area contributed by atoms with Crippen LogP contribution in [0, 0.1) is 11.3 Å². The fourth-order valence-electron chi connectivity index (χ4n) is 2.77. The summed E-state index contributed by atoms with van der Waals surface area (Å²) in [5.74, 6) is 0.276. The first-order valence-electron chi connectivity index (χ1n) is 5.91. The van der Waals surface area contributed by atoms with Gasteiger partial charge < -0.3 is 15.0 Å². The number of nitrogens with zero attached hydrogens (tertiary/aromatic N) is 4. The smallest absolute Gasteiger partial charge is 0.314 e. The number of nitrogens with two attached hydrogens (primary N) is 1. The van der Waals surface area contributed by atoms with Gasteiger partial charge in [0.25, 0.3) is 0 Å². The molecule has 1 aliphatic heterocycles. The number of hydrogen-bond acceptors (Lipinski definition) is 6. The summed E-state index contributed by atoms with van der Waals surface area (Å²) < 4.78 is 6.87. The summed E-state index contributed by atoms with van der Waals surface area (Å²) in [6, 6.07) is 0. The Balaban J connectivity index is 1.78. The van der Waals surface area contributed by atoms with Crippen molar-refractivity contribution in [1.82, 2.24) is 19.5 Å². The van der Waals surface area contributed by atoms with Gasteiger partial charge >= 0.3 is 5.97 Å². The summed E-state index contributed by atoms with van der Waals surface area (Å²) in [6.45, 7) is 1.02. The van der Waals surface area contributed by atoms with Crippen molar-refractivity contribution in [2.75, 3.05) is 12.3 Å². The topological polar surface area (TPSA) is 95.9 Å². The number of hydrogen-bond donors (Lipinski definition) is 1. The van der Waals surface area contributed by atoms with Crippen molar-refractivity contribution in [1.29, 1.82) is 0 Å². The van der Waals surface area contributed by atoms with Crippen LogP contribution in [0.5, 0.6) is 0 Å². The lowest BCUT2D eigenvalue weighted by atomic mass is 10.1. The molecule has 0 bridgehead atoms. The van der Waals surface area contributed by atoms with E-state index in [0.29, 0.717) is 30.2 Å². The van der Waals surface area contributed by atoms with Crippen molar-refractivity contribution < 1.29 is 9.53 Å². The Hall–Kier alpha value is -1.89. The predicted octanol–water partition coefficient (Wildman–Crippen LogP) is 0.625. The van der Waals surface area contributed by atoms with Crippen LogP contribution in [-0.4, -0.2) is 32.1 Å². The molecule has 8 heteroatoms. The van der Waals surface area contributed by atoms with Crippen LogP contribution in [0.1, 0.15) is 6.42 Å². The van der Waals surface area contributed by atoms with Gasteiger partial charge in [0.15, 0.2) is 10.8 Å². The molecule has 3 heterocycles. The zero-order valence-corrected chi connectivity index (χ0v) is 10.6. The van der Waals surface area contributed by atoms with Crippen LogP contribution >= 0.6 is 11.6 Å². The van der Waals surface area contributed by atoms with Crippen LogP contribution in [0.3, 0.4) is 0 Å². The van der Waals surface area contributed by atoms with Gasteiger partial charge in [-0.2, -0.15) is 9.97 Å². The number of anilines is 1. The molecule has 2 aromatic heterocycles. The average Bonchev–Trinajstić information content (AvgIpc) is 2.79. The highest BCUT2D eigenvalue weighted by Crippen LogP contribution is 2.58. The maximum absolute atomic E-state index is 11.8. The molecule has 0 radical (unpaired) electrons. The number of halogens is 1. The summed E-state index contributed by atoms with van der Waals surface area (Å²) in [7, 11) is 0. The molecule has 1 saturated heterocycles. The Morgan fingerprint density at radius 2 is 2.42 bits per heavy atom. The van der Waals surface area contributed by atoms with E-state index in [2.05, 4.69) is 15.0 Å². The number of fused-ring (bicyclic) bond motifs is 2. The summed E-state index contributed by atoms with van der Waals surface area (Å²) >= 11 is 5.97. The number of imidazole rings is 1. The lowest BCUT2D eigenvalue weighted by Crippen LogP contribution is -2.20. The summed E-state index contributed by atoms with van der Waals surface area (Å²) in [5, 5.41) is 0.222. The molecule has 2 atom stereocenters. The minimum Gasteiger partial charge on any atom is -0.465 e. The van der Waals surface area contributed by atoms with Gasteiger partial charge in [-0.3, -0.25) is 4.79 Å². The Bertz CT molecular complexity index is 714. The molecule has 98 valence electrons. The number of ether oxygens (including phenoxy) is 1. The van der Waals surface area contributed by atoms with Crippen LogP contribution in [0.15, 0.2) is 6.33 Å². The summed E-state index contributed by atoms with van der Waals surface area (Å²) in [4.78, 5) is 24.0. The van der Waals surface area contributed by atoms with Crippen LogP contribution < -0.4 is 5.73 Å². The summed E-state index contributed by atoms with van der Waals surface area (Å²) in [5.41, 5.74) is 6.24. The third-order valence-corrected chi connectivity index (χ3v) is 4.21. The molecule has 7 nitrogen and oxygen atoms in total. The summed E-state index contributed by atoms with van der Waals surface area (Å²) in [6.07, 6.45) is 2.47. The monoisotopic (exact) mass is 279 g/mol. The quantitative estimate of drug-likeness (QED) is 0.640. The molecule has 2 aromatic rings. The van der Waals surface area contributed by atoms with Gasteiger partial charge in [0, 0.05) is 12.5 Å². The highest BCUT2D eigenvalue weighted by atomic mass is 35.5. The van der Waals surface area contributed by atoms with Gasteiger partial charge in [0.2, 0.25) is 5.95 Å². The largest absolute Gasteiger partial charge is 0.465 e. The third kappa shape index (κ3) is 1.39. The lowest BCUT2D eigenvalue weighted by molar-refractivity contribution is -0.145. The van der Waals surface area contributed by atoms with Crippen LogP contribution in [0.2, 0.25) is 5.15 Å². The number of carbonyl (C=O) groups is 1. The van der Waals surface area contributed by atoms with Gasteiger partial charge in [-0.25, -0.2) is 4.98 Å². The molecule has 2 fully saturated rings. The normalized spacial score (nSPS) is 28.5. The number of cyclic esters (lactones) is 1. The van der Waals surface area contributed by atoms with Gasteiger partial charge in [-0.05, 0) is 6.42 Å². The van der Waals surface area contributed by atoms with Crippen LogP contribution in [0.4, 0.5) is 5.95 Å². The fraction of sp³-hybridized carbons (Fsp3) is 0.455. The van der Waals surface area contributed by atoms with E-state index in [1.165, 1.54) is 0 Å². The van der Waals surface area contributed by atoms with Crippen LogP contribution in [0.25, 0.3) is 11.2 Å². The van der Waals surface area contributed by atoms with Gasteiger partial charge in [0.1, 0.15) is 5.52 Å². The minimum absolute atomic E-state index is 0.0955. The fourth-order valence-corrected chi connectivity index (χ4v) is 2.99. The Morgan fingerprint density at radius 1 is 1.58 bits per heavy atom. The molecular formula is C11H10ClN5O2. The average molecular weight is 280 g/mol. The van der Waals surface area contributed by atoms with Crippen molar-refractivity contribution in [3.63, 3.8) is 0 Å². The van der Waals surface area contributed by atoms with E-state index in [9.17, 15) is 4.79 Å². The van der Waals surface area contributed by atoms with Gasteiger partial charge in [0.05, 0.1) is 18.3 Å². The molecule has 1 saturated carbocycles. The number of aromatic nitrogens is 4. The molecule has 0 spiro atoms. The molecule has 0 aromatic carbocycles. The van der Waals surface area contributed by atoms with E-state index in [4.69, 9.17) is 22.1 Å². The highest BCUT2D eigenvalue weighted by Gasteiger charge is 2.66. The van der Waals surface area contributed by atoms with Crippen molar-refractivity contribution in [2.45, 2.75) is 13.0 Å². The number of rotatable bonds is 2. The van der Waals surface area contributed by atoms with E-state index in [-0.39, 0.29) is 17.1 Å². The highest BCUT2D eigenvalue weighted by molar-refractivity contribution is 6.33. The molecule has 1 aliphatic carbocycles. The molecule has 0 amide bonds. The SMILES string of the molecule is Nc1nc(Cl)c2ncn(C[C@]34C[C@H]3COC4=O)c2n1. The van der Waals surface area contributed by atoms with Crippen molar-refractivity contribution >= 4 is 34.7 Å². The standard InChI is InChI=1S/C11H10ClN5O2/c12-7-6-8(16-10(13)15-7)17(4-14-6)3-11-1-5(11)2-19-9(11)18/h4-5H,1-3H2,(H2,13,15,16)/t5-,11+/m0/s1. The first kappa shape index (κ1) is 11.0. The van der Waals surface area contributed by atoms with Crippen LogP contribution in [-0.2, 0) is 16.1 Å². The molecule has 2 aliphatic rings. The molecular weight excluding hydrogens is 270 g/mol. The first-order valence-corrected chi connectivity index (χ1v) is 6.29. The maximum atomic E-state index is 11.8. The molecule has 19 heavy (non-hydrogen) atoms. The second-order valence-corrected chi connectivity index (χ2v) is 5.43. The van der Waals surface area contributed by atoms with Crippen molar-refractivity contribution in [3.8, 4) is 0 Å². The van der Waals surface area contributed by atoms with E-state index >= 15 is 0 Å². The van der Waals surface area contributed by atoms with Gasteiger partial charge in [-0.1, -0.05) is 11.6 Å².